The quantitative estimate of drug-likeness (QED) is 0.663. The van der Waals surface area contributed by atoms with Gasteiger partial charge in [-0.15, -0.1) is 0 Å². The van der Waals surface area contributed by atoms with E-state index in [-0.39, 0.29) is 11.7 Å². The number of benzene rings is 2. The summed E-state index contributed by atoms with van der Waals surface area (Å²) in [5, 5.41) is 2.61. The summed E-state index contributed by atoms with van der Waals surface area (Å²) in [4.78, 5) is 11.7. The van der Waals surface area contributed by atoms with E-state index in [1.165, 1.54) is 18.2 Å². The van der Waals surface area contributed by atoms with E-state index in [2.05, 4.69) is 5.32 Å². The van der Waals surface area contributed by atoms with Crippen molar-refractivity contribution in [1.82, 2.24) is 0 Å². The molecule has 0 aliphatic rings. The number of halogens is 1. The van der Waals surface area contributed by atoms with E-state index in [1.807, 2.05) is 12.1 Å². The minimum atomic E-state index is -0.375. The lowest BCUT2D eigenvalue weighted by Gasteiger charge is -2.04. The average molecular weight is 270 g/mol. The van der Waals surface area contributed by atoms with Crippen molar-refractivity contribution >= 4 is 23.4 Å². The van der Waals surface area contributed by atoms with Crippen molar-refractivity contribution in [2.24, 2.45) is 0 Å². The number of nitrogen functional groups attached to an aromatic ring is 1. The molecule has 0 aromatic heterocycles. The first kappa shape index (κ1) is 13.8. The Hall–Kier alpha value is -2.62. The minimum Gasteiger partial charge on any atom is -0.399 e. The first-order valence-corrected chi connectivity index (χ1v) is 6.15. The molecule has 0 fully saturated rings. The highest BCUT2D eigenvalue weighted by Crippen LogP contribution is 2.13. The van der Waals surface area contributed by atoms with Crippen LogP contribution in [0.4, 0.5) is 15.8 Å². The second kappa shape index (κ2) is 6.02. The summed E-state index contributed by atoms with van der Waals surface area (Å²) in [5.41, 5.74) is 8.29. The lowest BCUT2D eigenvalue weighted by molar-refractivity contribution is -0.111. The molecule has 3 nitrogen and oxygen atoms in total. The molecule has 1 amide bonds. The molecule has 102 valence electrons. The first-order valence-electron chi connectivity index (χ1n) is 6.15. The fourth-order valence-corrected chi connectivity index (χ4v) is 1.83. The molecule has 0 radical (unpaired) electrons. The fourth-order valence-electron chi connectivity index (χ4n) is 1.83. The van der Waals surface area contributed by atoms with Gasteiger partial charge in [-0.25, -0.2) is 4.39 Å². The molecule has 0 aliphatic carbocycles. The summed E-state index contributed by atoms with van der Waals surface area (Å²) in [5.74, 6) is -0.697. The normalized spacial score (nSPS) is 10.7. The third-order valence-electron chi connectivity index (χ3n) is 2.65. The van der Waals surface area contributed by atoms with Gasteiger partial charge >= 0.3 is 0 Å². The molecule has 0 heterocycles. The van der Waals surface area contributed by atoms with Crippen LogP contribution in [0.3, 0.4) is 0 Å². The summed E-state index contributed by atoms with van der Waals surface area (Å²) in [6, 6.07) is 11.6. The van der Waals surface area contributed by atoms with Crippen LogP contribution < -0.4 is 11.1 Å². The van der Waals surface area contributed by atoms with E-state index in [0.717, 1.165) is 11.1 Å². The smallest absolute Gasteiger partial charge is 0.248 e. The van der Waals surface area contributed by atoms with Crippen molar-refractivity contribution in [2.45, 2.75) is 6.92 Å². The highest BCUT2D eigenvalue weighted by atomic mass is 19.1. The zero-order valence-electron chi connectivity index (χ0n) is 11.1. The monoisotopic (exact) mass is 270 g/mol. The molecule has 0 saturated heterocycles. The molecule has 2 aromatic rings. The van der Waals surface area contributed by atoms with Crippen molar-refractivity contribution in [3.8, 4) is 0 Å². The topological polar surface area (TPSA) is 55.1 Å². The van der Waals surface area contributed by atoms with E-state index < -0.39 is 0 Å². The Bertz CT molecular complexity index is 645. The zero-order chi connectivity index (χ0) is 14.5. The van der Waals surface area contributed by atoms with Gasteiger partial charge in [0.05, 0.1) is 0 Å². The number of nitrogens with two attached hydrogens (primary N) is 1. The number of hydrogen-bond donors (Lipinski definition) is 2. The van der Waals surface area contributed by atoms with Gasteiger partial charge < -0.3 is 11.1 Å². The molecule has 0 spiro atoms. The van der Waals surface area contributed by atoms with E-state index in [0.29, 0.717) is 11.4 Å². The lowest BCUT2D eigenvalue weighted by Crippen LogP contribution is -2.08. The Morgan fingerprint density at radius 1 is 1.25 bits per heavy atom. The van der Waals surface area contributed by atoms with Crippen LogP contribution >= 0.6 is 0 Å². The SMILES string of the molecule is Cc1cc(F)cc(NC(=O)/C=C/c2cccc(N)c2)c1. The van der Waals surface area contributed by atoms with Crippen molar-refractivity contribution in [3.63, 3.8) is 0 Å². The Labute approximate surface area is 116 Å². The molecule has 0 bridgehead atoms. The highest BCUT2D eigenvalue weighted by Gasteiger charge is 2.01. The fraction of sp³-hybridized carbons (Fsp3) is 0.0625. The molecule has 20 heavy (non-hydrogen) atoms. The second-order valence-corrected chi connectivity index (χ2v) is 4.51. The Morgan fingerprint density at radius 3 is 2.75 bits per heavy atom. The molecule has 4 heteroatoms. The summed E-state index contributed by atoms with van der Waals surface area (Å²) in [6.45, 7) is 1.77. The molecule has 3 N–H and O–H groups in total. The molecule has 2 rings (SSSR count). The van der Waals surface area contributed by atoms with Gasteiger partial charge in [-0.1, -0.05) is 12.1 Å². The van der Waals surface area contributed by atoms with Gasteiger partial charge in [-0.05, 0) is 54.5 Å². The van der Waals surface area contributed by atoms with Crippen molar-refractivity contribution < 1.29 is 9.18 Å². The summed E-state index contributed by atoms with van der Waals surface area (Å²) in [6.07, 6.45) is 3.03. The summed E-state index contributed by atoms with van der Waals surface area (Å²) in [7, 11) is 0. The molecular weight excluding hydrogens is 255 g/mol. The van der Waals surface area contributed by atoms with Gasteiger partial charge in [-0.3, -0.25) is 4.79 Å². The molecule has 2 aromatic carbocycles. The molecular formula is C16H15FN2O. The van der Waals surface area contributed by atoms with Gasteiger partial charge in [0.25, 0.3) is 0 Å². The number of amides is 1. The maximum atomic E-state index is 13.2. The van der Waals surface area contributed by atoms with Gasteiger partial charge in [0.2, 0.25) is 5.91 Å². The van der Waals surface area contributed by atoms with Gasteiger partial charge in [0.1, 0.15) is 5.82 Å². The van der Waals surface area contributed by atoms with Gasteiger partial charge in [0, 0.05) is 17.5 Å². The average Bonchev–Trinajstić information content (AvgIpc) is 2.35. The third kappa shape index (κ3) is 3.95. The predicted molar refractivity (Wildman–Crippen MR) is 79.7 cm³/mol. The Morgan fingerprint density at radius 2 is 2.05 bits per heavy atom. The van der Waals surface area contributed by atoms with Gasteiger partial charge in [-0.2, -0.15) is 0 Å². The maximum absolute atomic E-state index is 13.2. The number of nitrogens with one attached hydrogen (secondary N) is 1. The highest BCUT2D eigenvalue weighted by molar-refractivity contribution is 6.02. The zero-order valence-corrected chi connectivity index (χ0v) is 11.1. The number of anilines is 2. The number of carbonyl (C=O) groups is 1. The van der Waals surface area contributed by atoms with Crippen LogP contribution in [0.5, 0.6) is 0 Å². The van der Waals surface area contributed by atoms with Crippen LogP contribution in [-0.2, 0) is 4.79 Å². The third-order valence-corrected chi connectivity index (χ3v) is 2.65. The Balaban J connectivity index is 2.05. The number of hydrogen-bond acceptors (Lipinski definition) is 2. The lowest BCUT2D eigenvalue weighted by atomic mass is 10.2. The van der Waals surface area contributed by atoms with Gasteiger partial charge in [0.15, 0.2) is 0 Å². The predicted octanol–water partition coefficient (Wildman–Crippen LogP) is 3.37. The standard InChI is InChI=1S/C16H15FN2O/c1-11-7-13(17)10-15(8-11)19-16(20)6-5-12-3-2-4-14(18)9-12/h2-10H,18H2,1H3,(H,19,20)/b6-5+. The van der Waals surface area contributed by atoms with E-state index in [1.54, 1.807) is 31.2 Å². The maximum Gasteiger partial charge on any atom is 0.248 e. The molecule has 0 unspecified atom stereocenters. The first-order chi connectivity index (χ1) is 9.52. The molecule has 0 atom stereocenters. The van der Waals surface area contributed by atoms with Crippen LogP contribution in [0, 0.1) is 12.7 Å². The van der Waals surface area contributed by atoms with Crippen LogP contribution in [0.15, 0.2) is 48.5 Å². The second-order valence-electron chi connectivity index (χ2n) is 4.51. The van der Waals surface area contributed by atoms with Crippen molar-refractivity contribution in [3.05, 3.63) is 65.5 Å². The Kier molecular flexibility index (Phi) is 4.15. The molecule has 0 saturated carbocycles. The van der Waals surface area contributed by atoms with Crippen LogP contribution in [-0.4, -0.2) is 5.91 Å². The molecule has 0 aliphatic heterocycles. The van der Waals surface area contributed by atoms with E-state index in [4.69, 9.17) is 5.73 Å². The largest absolute Gasteiger partial charge is 0.399 e. The van der Waals surface area contributed by atoms with Crippen LogP contribution in [0.25, 0.3) is 6.08 Å². The van der Waals surface area contributed by atoms with Crippen molar-refractivity contribution in [2.75, 3.05) is 11.1 Å². The number of carbonyl (C=O) groups excluding carboxylic acids is 1. The van der Waals surface area contributed by atoms with E-state index >= 15 is 0 Å². The summed E-state index contributed by atoms with van der Waals surface area (Å²) < 4.78 is 13.2. The minimum absolute atomic E-state index is 0.322. The number of aryl methyl sites for hydroxylation is 1. The number of rotatable bonds is 3. The van der Waals surface area contributed by atoms with Crippen LogP contribution in [0.1, 0.15) is 11.1 Å². The van der Waals surface area contributed by atoms with Crippen LogP contribution in [0.2, 0.25) is 0 Å². The van der Waals surface area contributed by atoms with E-state index in [9.17, 15) is 9.18 Å². The van der Waals surface area contributed by atoms with Crippen molar-refractivity contribution in [1.29, 1.82) is 0 Å². The summed E-state index contributed by atoms with van der Waals surface area (Å²) >= 11 is 0.